The molecule has 1 aliphatic rings. The Kier molecular flexibility index (Phi) is 5.95. The van der Waals surface area contributed by atoms with Crippen molar-refractivity contribution in [3.05, 3.63) is 29.8 Å². The molecule has 1 saturated heterocycles. The molecule has 1 aromatic rings. The van der Waals surface area contributed by atoms with Gasteiger partial charge in [-0.2, -0.15) is 0 Å². The van der Waals surface area contributed by atoms with Crippen LogP contribution in [0.5, 0.6) is 5.75 Å². The fraction of sp³-hybridized carbons (Fsp3) is 0.529. The lowest BCUT2D eigenvalue weighted by molar-refractivity contribution is -0.130. The molecule has 0 bridgehead atoms. The summed E-state index contributed by atoms with van der Waals surface area (Å²) in [4.78, 5) is 26.0. The Bertz CT molecular complexity index is 513. The second-order valence-electron chi connectivity index (χ2n) is 5.74. The molecule has 0 spiro atoms. The average molecular weight is 304 g/mol. The van der Waals surface area contributed by atoms with Crippen LogP contribution in [0, 0.1) is 5.92 Å². The van der Waals surface area contributed by atoms with Gasteiger partial charge in [-0.3, -0.25) is 9.59 Å². The second kappa shape index (κ2) is 7.94. The number of hydrogen-bond donors (Lipinski definition) is 1. The molecule has 1 heterocycles. The Balaban J connectivity index is 1.73. The Morgan fingerprint density at radius 2 is 2.00 bits per heavy atom. The molecule has 1 aliphatic heterocycles. The molecule has 1 fully saturated rings. The average Bonchev–Trinajstić information content (AvgIpc) is 3.04. The normalized spacial score (nSPS) is 17.5. The van der Waals surface area contributed by atoms with E-state index in [9.17, 15) is 9.59 Å². The highest BCUT2D eigenvalue weighted by Crippen LogP contribution is 2.17. The molecule has 1 unspecified atom stereocenters. The zero-order chi connectivity index (χ0) is 15.9. The SMILES string of the molecule is COc1ccc(C(=O)CCCC(=O)N2CCC(CN)C2)cc1. The molecule has 5 heteroatoms. The summed E-state index contributed by atoms with van der Waals surface area (Å²) in [6, 6.07) is 7.07. The molecule has 0 radical (unpaired) electrons. The molecule has 0 aromatic heterocycles. The summed E-state index contributed by atoms with van der Waals surface area (Å²) in [5, 5.41) is 0. The lowest BCUT2D eigenvalue weighted by atomic mass is 10.1. The van der Waals surface area contributed by atoms with Crippen LogP contribution in [-0.2, 0) is 4.79 Å². The van der Waals surface area contributed by atoms with Crippen molar-refractivity contribution >= 4 is 11.7 Å². The van der Waals surface area contributed by atoms with E-state index in [1.807, 2.05) is 4.90 Å². The number of amides is 1. The minimum atomic E-state index is 0.0664. The summed E-state index contributed by atoms with van der Waals surface area (Å²) in [5.74, 6) is 1.37. The van der Waals surface area contributed by atoms with Crippen LogP contribution in [0.15, 0.2) is 24.3 Å². The van der Waals surface area contributed by atoms with Crippen LogP contribution in [0.4, 0.5) is 0 Å². The fourth-order valence-electron chi connectivity index (χ4n) is 2.73. The lowest BCUT2D eigenvalue weighted by Crippen LogP contribution is -2.29. The third kappa shape index (κ3) is 4.31. The predicted molar refractivity (Wildman–Crippen MR) is 84.9 cm³/mol. The van der Waals surface area contributed by atoms with Crippen LogP contribution in [-0.4, -0.2) is 43.3 Å². The van der Waals surface area contributed by atoms with Crippen molar-refractivity contribution in [1.82, 2.24) is 4.90 Å². The summed E-state index contributed by atoms with van der Waals surface area (Å²) < 4.78 is 5.07. The van der Waals surface area contributed by atoms with E-state index in [4.69, 9.17) is 10.5 Å². The summed E-state index contributed by atoms with van der Waals surface area (Å²) in [6.45, 7) is 2.20. The van der Waals surface area contributed by atoms with Gasteiger partial charge >= 0.3 is 0 Å². The van der Waals surface area contributed by atoms with Gasteiger partial charge in [-0.15, -0.1) is 0 Å². The van der Waals surface area contributed by atoms with Gasteiger partial charge in [0.2, 0.25) is 5.91 Å². The molecular weight excluding hydrogens is 280 g/mol. The van der Waals surface area contributed by atoms with Crippen molar-refractivity contribution < 1.29 is 14.3 Å². The Morgan fingerprint density at radius 3 is 2.59 bits per heavy atom. The van der Waals surface area contributed by atoms with Crippen molar-refractivity contribution in [3.8, 4) is 5.75 Å². The maximum absolute atomic E-state index is 12.1. The van der Waals surface area contributed by atoms with Crippen LogP contribution < -0.4 is 10.5 Å². The van der Waals surface area contributed by atoms with Gasteiger partial charge in [0.1, 0.15) is 5.75 Å². The largest absolute Gasteiger partial charge is 0.497 e. The van der Waals surface area contributed by atoms with Gasteiger partial charge in [0, 0.05) is 31.5 Å². The van der Waals surface area contributed by atoms with E-state index in [0.29, 0.717) is 37.3 Å². The molecule has 1 aromatic carbocycles. The van der Waals surface area contributed by atoms with Crippen LogP contribution in [0.3, 0.4) is 0 Å². The minimum absolute atomic E-state index is 0.0664. The first-order valence-corrected chi connectivity index (χ1v) is 7.79. The molecule has 120 valence electrons. The smallest absolute Gasteiger partial charge is 0.222 e. The minimum Gasteiger partial charge on any atom is -0.497 e. The molecule has 1 atom stereocenters. The highest BCUT2D eigenvalue weighted by Gasteiger charge is 2.24. The summed E-state index contributed by atoms with van der Waals surface area (Å²) >= 11 is 0. The van der Waals surface area contributed by atoms with E-state index in [1.54, 1.807) is 31.4 Å². The number of benzene rings is 1. The number of likely N-dealkylation sites (tertiary alicyclic amines) is 1. The number of Topliss-reactive ketones (excluding diaryl/α,β-unsaturated/α-hetero) is 1. The van der Waals surface area contributed by atoms with Crippen molar-refractivity contribution in [2.75, 3.05) is 26.7 Å². The Hall–Kier alpha value is -1.88. The summed E-state index contributed by atoms with van der Waals surface area (Å²) in [6.07, 6.45) is 2.41. The van der Waals surface area contributed by atoms with Crippen LogP contribution >= 0.6 is 0 Å². The number of rotatable bonds is 7. The highest BCUT2D eigenvalue weighted by atomic mass is 16.5. The first kappa shape index (κ1) is 16.5. The van der Waals surface area contributed by atoms with E-state index < -0.39 is 0 Å². The molecule has 0 aliphatic carbocycles. The quantitative estimate of drug-likeness (QED) is 0.780. The second-order valence-corrected chi connectivity index (χ2v) is 5.74. The third-order valence-corrected chi connectivity index (χ3v) is 4.18. The summed E-state index contributed by atoms with van der Waals surface area (Å²) in [5.41, 5.74) is 6.29. The van der Waals surface area contributed by atoms with Crippen LogP contribution in [0.1, 0.15) is 36.0 Å². The van der Waals surface area contributed by atoms with Gasteiger partial charge in [0.15, 0.2) is 5.78 Å². The predicted octanol–water partition coefficient (Wildman–Crippen LogP) is 1.86. The number of carbonyl (C=O) groups is 2. The number of methoxy groups -OCH3 is 1. The number of nitrogens with zero attached hydrogens (tertiary/aromatic N) is 1. The van der Waals surface area contributed by atoms with E-state index in [2.05, 4.69) is 0 Å². The monoisotopic (exact) mass is 304 g/mol. The van der Waals surface area contributed by atoms with E-state index in [1.165, 1.54) is 0 Å². The van der Waals surface area contributed by atoms with Gasteiger partial charge in [0.25, 0.3) is 0 Å². The van der Waals surface area contributed by atoms with Crippen molar-refractivity contribution in [2.24, 2.45) is 11.7 Å². The molecular formula is C17H24N2O3. The molecule has 5 nitrogen and oxygen atoms in total. The fourth-order valence-corrected chi connectivity index (χ4v) is 2.73. The highest BCUT2D eigenvalue weighted by molar-refractivity contribution is 5.96. The van der Waals surface area contributed by atoms with Gasteiger partial charge < -0.3 is 15.4 Å². The molecule has 2 rings (SSSR count). The topological polar surface area (TPSA) is 72.6 Å². The summed E-state index contributed by atoms with van der Waals surface area (Å²) in [7, 11) is 1.59. The number of nitrogens with two attached hydrogens (primary N) is 1. The van der Waals surface area contributed by atoms with Crippen LogP contribution in [0.25, 0.3) is 0 Å². The Labute approximate surface area is 131 Å². The maximum Gasteiger partial charge on any atom is 0.222 e. The van der Waals surface area contributed by atoms with Crippen molar-refractivity contribution in [2.45, 2.75) is 25.7 Å². The molecule has 1 amide bonds. The number of ketones is 1. The molecule has 2 N–H and O–H groups in total. The third-order valence-electron chi connectivity index (χ3n) is 4.18. The van der Waals surface area contributed by atoms with Gasteiger partial charge in [-0.05, 0) is 49.6 Å². The Morgan fingerprint density at radius 1 is 1.27 bits per heavy atom. The zero-order valence-corrected chi connectivity index (χ0v) is 13.1. The number of hydrogen-bond acceptors (Lipinski definition) is 4. The lowest BCUT2D eigenvalue weighted by Gasteiger charge is -2.16. The molecule has 22 heavy (non-hydrogen) atoms. The standard InChI is InChI=1S/C17H24N2O3/c1-22-15-7-5-14(6-8-15)16(20)3-2-4-17(21)19-10-9-13(11-18)12-19/h5-8,13H,2-4,9-12,18H2,1H3. The van der Waals surface area contributed by atoms with E-state index in [-0.39, 0.29) is 11.7 Å². The molecule has 0 saturated carbocycles. The first-order chi connectivity index (χ1) is 10.6. The van der Waals surface area contributed by atoms with Gasteiger partial charge in [-0.1, -0.05) is 0 Å². The number of carbonyl (C=O) groups excluding carboxylic acids is 2. The number of ether oxygens (including phenoxy) is 1. The zero-order valence-electron chi connectivity index (χ0n) is 13.1. The van der Waals surface area contributed by atoms with Gasteiger partial charge in [0.05, 0.1) is 7.11 Å². The van der Waals surface area contributed by atoms with E-state index >= 15 is 0 Å². The van der Waals surface area contributed by atoms with Crippen LogP contribution in [0.2, 0.25) is 0 Å². The van der Waals surface area contributed by atoms with Gasteiger partial charge in [-0.25, -0.2) is 0 Å². The van der Waals surface area contributed by atoms with E-state index in [0.717, 1.165) is 25.3 Å². The van der Waals surface area contributed by atoms with Crippen molar-refractivity contribution in [3.63, 3.8) is 0 Å². The van der Waals surface area contributed by atoms with Crippen molar-refractivity contribution in [1.29, 1.82) is 0 Å². The maximum atomic E-state index is 12.1. The first-order valence-electron chi connectivity index (χ1n) is 7.79.